The van der Waals surface area contributed by atoms with Crippen molar-refractivity contribution >= 4 is 21.6 Å². The summed E-state index contributed by atoms with van der Waals surface area (Å²) in [6, 6.07) is -0.334. The Labute approximate surface area is 104 Å². The first-order valence-corrected chi connectivity index (χ1v) is 7.21. The van der Waals surface area contributed by atoms with Crippen molar-refractivity contribution in [1.82, 2.24) is 9.97 Å². The maximum atomic E-state index is 13.7. The van der Waals surface area contributed by atoms with Gasteiger partial charge in [0.15, 0.2) is 21.5 Å². The lowest BCUT2D eigenvalue weighted by atomic mass is 10.3. The molecule has 1 fully saturated rings. The summed E-state index contributed by atoms with van der Waals surface area (Å²) in [5, 5.41) is 0. The van der Waals surface area contributed by atoms with Crippen molar-refractivity contribution < 1.29 is 12.8 Å². The smallest absolute Gasteiger partial charge is 0.239 e. The summed E-state index contributed by atoms with van der Waals surface area (Å²) in [5.41, 5.74) is 2.23. The molecule has 0 aromatic carbocycles. The van der Waals surface area contributed by atoms with E-state index < -0.39 is 15.7 Å². The fourth-order valence-electron chi connectivity index (χ4n) is 1.94. The normalized spacial score (nSPS) is 22.8. The van der Waals surface area contributed by atoms with Crippen molar-refractivity contribution in [2.75, 3.05) is 28.4 Å². The molecule has 100 valence electrons. The molecule has 1 aromatic rings. The van der Waals surface area contributed by atoms with E-state index in [1.165, 1.54) is 0 Å². The molecular formula is C9H14FN5O2S. The number of hydrogen-bond acceptors (Lipinski definition) is 7. The van der Waals surface area contributed by atoms with Crippen molar-refractivity contribution in [2.45, 2.75) is 13.0 Å². The summed E-state index contributed by atoms with van der Waals surface area (Å²) >= 11 is 0. The number of sulfone groups is 1. The summed E-state index contributed by atoms with van der Waals surface area (Å²) in [5.74, 6) is 4.71. The summed E-state index contributed by atoms with van der Waals surface area (Å²) in [6.45, 7) is 1.93. The van der Waals surface area contributed by atoms with Gasteiger partial charge < -0.3 is 4.90 Å². The van der Waals surface area contributed by atoms with Gasteiger partial charge in [0.25, 0.3) is 0 Å². The Bertz CT molecular complexity index is 550. The first kappa shape index (κ1) is 13.0. The lowest BCUT2D eigenvalue weighted by Gasteiger charge is -2.34. The van der Waals surface area contributed by atoms with Gasteiger partial charge >= 0.3 is 0 Å². The number of nitrogens with one attached hydrogen (secondary N) is 1. The van der Waals surface area contributed by atoms with E-state index in [-0.39, 0.29) is 35.9 Å². The number of nitrogen functional groups attached to an aromatic ring is 1. The van der Waals surface area contributed by atoms with Gasteiger partial charge in [0.2, 0.25) is 5.95 Å². The second-order valence-corrected chi connectivity index (χ2v) is 6.39. The van der Waals surface area contributed by atoms with Crippen molar-refractivity contribution in [3.05, 3.63) is 12.0 Å². The molecule has 2 heterocycles. The average Bonchev–Trinajstić information content (AvgIpc) is 2.29. The minimum atomic E-state index is -3.05. The van der Waals surface area contributed by atoms with E-state index in [9.17, 15) is 12.8 Å². The quantitative estimate of drug-likeness (QED) is 0.555. The molecule has 1 aliphatic heterocycles. The third-order valence-electron chi connectivity index (χ3n) is 2.80. The van der Waals surface area contributed by atoms with E-state index in [0.717, 1.165) is 6.20 Å². The predicted molar refractivity (Wildman–Crippen MR) is 65.3 cm³/mol. The van der Waals surface area contributed by atoms with Crippen LogP contribution in [0.15, 0.2) is 6.20 Å². The maximum absolute atomic E-state index is 13.7. The van der Waals surface area contributed by atoms with Gasteiger partial charge in [0, 0.05) is 12.6 Å². The van der Waals surface area contributed by atoms with Gasteiger partial charge in [-0.3, -0.25) is 5.43 Å². The van der Waals surface area contributed by atoms with Crippen LogP contribution in [-0.2, 0) is 9.84 Å². The standard InChI is InChI=1S/C9H14FN5O2S/c1-6-5-18(16,17)3-2-15(6)8-7(10)4-12-9(13-8)14-11/h4,6H,2-3,5,11H2,1H3,(H,12,13,14). The van der Waals surface area contributed by atoms with Gasteiger partial charge in [-0.15, -0.1) is 0 Å². The number of nitrogens with zero attached hydrogens (tertiary/aromatic N) is 3. The van der Waals surface area contributed by atoms with E-state index in [1.54, 1.807) is 11.8 Å². The van der Waals surface area contributed by atoms with E-state index in [1.807, 2.05) is 0 Å². The van der Waals surface area contributed by atoms with Crippen LogP contribution in [0.25, 0.3) is 0 Å². The summed E-state index contributed by atoms with van der Waals surface area (Å²) in [6.07, 6.45) is 1.01. The van der Waals surface area contributed by atoms with E-state index in [2.05, 4.69) is 15.4 Å². The molecule has 2 rings (SSSR count). The van der Waals surface area contributed by atoms with Crippen LogP contribution in [0.3, 0.4) is 0 Å². The van der Waals surface area contributed by atoms with Crippen LogP contribution < -0.4 is 16.2 Å². The molecule has 1 atom stereocenters. The van der Waals surface area contributed by atoms with Crippen LogP contribution in [0.2, 0.25) is 0 Å². The number of aromatic nitrogens is 2. The number of hydrogen-bond donors (Lipinski definition) is 2. The Hall–Kier alpha value is -1.48. The third-order valence-corrected chi connectivity index (χ3v) is 4.59. The summed E-state index contributed by atoms with van der Waals surface area (Å²) < 4.78 is 36.6. The lowest BCUT2D eigenvalue weighted by molar-refractivity contribution is 0.553. The molecular weight excluding hydrogens is 261 g/mol. The second kappa shape index (κ2) is 4.65. The van der Waals surface area contributed by atoms with Crippen LogP contribution in [0, 0.1) is 5.82 Å². The highest BCUT2D eigenvalue weighted by Gasteiger charge is 2.30. The lowest BCUT2D eigenvalue weighted by Crippen LogP contribution is -2.47. The maximum Gasteiger partial charge on any atom is 0.239 e. The molecule has 0 radical (unpaired) electrons. The SMILES string of the molecule is CC1CS(=O)(=O)CCN1c1nc(NN)ncc1F. The van der Waals surface area contributed by atoms with Gasteiger partial charge in [0.05, 0.1) is 17.7 Å². The molecule has 0 spiro atoms. The van der Waals surface area contributed by atoms with Crippen molar-refractivity contribution in [2.24, 2.45) is 5.84 Å². The average molecular weight is 275 g/mol. The number of rotatable bonds is 2. The molecule has 1 unspecified atom stereocenters. The number of nitrogens with two attached hydrogens (primary N) is 1. The van der Waals surface area contributed by atoms with Gasteiger partial charge in [-0.05, 0) is 6.92 Å². The van der Waals surface area contributed by atoms with Crippen LogP contribution in [-0.4, -0.2) is 42.5 Å². The largest absolute Gasteiger partial charge is 0.349 e. The minimum Gasteiger partial charge on any atom is -0.349 e. The fourth-order valence-corrected chi connectivity index (χ4v) is 3.50. The first-order chi connectivity index (χ1) is 8.43. The zero-order valence-electron chi connectivity index (χ0n) is 9.80. The van der Waals surface area contributed by atoms with Crippen molar-refractivity contribution in [3.63, 3.8) is 0 Å². The topological polar surface area (TPSA) is 101 Å². The third kappa shape index (κ3) is 2.51. The predicted octanol–water partition coefficient (Wildman–Crippen LogP) is -0.475. The van der Waals surface area contributed by atoms with Crippen molar-refractivity contribution in [3.8, 4) is 0 Å². The highest BCUT2D eigenvalue weighted by molar-refractivity contribution is 7.91. The van der Waals surface area contributed by atoms with Crippen molar-refractivity contribution in [1.29, 1.82) is 0 Å². The molecule has 1 aromatic heterocycles. The van der Waals surface area contributed by atoms with Crippen LogP contribution in [0.1, 0.15) is 6.92 Å². The molecule has 0 bridgehead atoms. The molecule has 0 amide bonds. The number of halogens is 1. The van der Waals surface area contributed by atoms with E-state index in [0.29, 0.717) is 0 Å². The highest BCUT2D eigenvalue weighted by Crippen LogP contribution is 2.22. The van der Waals surface area contributed by atoms with Gasteiger partial charge in [-0.1, -0.05) is 0 Å². The number of hydrazine groups is 1. The molecule has 9 heteroatoms. The molecule has 0 saturated carbocycles. The molecule has 7 nitrogen and oxygen atoms in total. The highest BCUT2D eigenvalue weighted by atomic mass is 32.2. The minimum absolute atomic E-state index is 0.00777. The Morgan fingerprint density at radius 2 is 2.33 bits per heavy atom. The zero-order valence-corrected chi connectivity index (χ0v) is 10.6. The van der Waals surface area contributed by atoms with Gasteiger partial charge in [-0.2, -0.15) is 4.98 Å². The van der Waals surface area contributed by atoms with Gasteiger partial charge in [-0.25, -0.2) is 23.6 Å². The molecule has 3 N–H and O–H groups in total. The molecule has 1 aliphatic rings. The summed E-state index contributed by atoms with van der Waals surface area (Å²) in [4.78, 5) is 9.17. The fraction of sp³-hybridized carbons (Fsp3) is 0.556. The van der Waals surface area contributed by atoms with Crippen LogP contribution in [0.4, 0.5) is 16.2 Å². The van der Waals surface area contributed by atoms with E-state index in [4.69, 9.17) is 5.84 Å². The first-order valence-electron chi connectivity index (χ1n) is 5.39. The zero-order chi connectivity index (χ0) is 13.3. The van der Waals surface area contributed by atoms with Gasteiger partial charge in [0.1, 0.15) is 0 Å². The molecule has 0 aliphatic carbocycles. The van der Waals surface area contributed by atoms with Crippen LogP contribution in [0.5, 0.6) is 0 Å². The Balaban J connectivity index is 2.32. The Morgan fingerprint density at radius 1 is 1.61 bits per heavy atom. The monoisotopic (exact) mass is 275 g/mol. The van der Waals surface area contributed by atoms with Crippen LogP contribution >= 0.6 is 0 Å². The molecule has 1 saturated heterocycles. The van der Waals surface area contributed by atoms with E-state index >= 15 is 0 Å². The number of anilines is 2. The summed E-state index contributed by atoms with van der Waals surface area (Å²) in [7, 11) is -3.05. The second-order valence-electron chi connectivity index (χ2n) is 4.17. The Morgan fingerprint density at radius 3 is 2.94 bits per heavy atom. The Kier molecular flexibility index (Phi) is 3.35. The molecule has 18 heavy (non-hydrogen) atoms.